The van der Waals surface area contributed by atoms with E-state index in [1.54, 1.807) is 24.3 Å². The monoisotopic (exact) mass is 293 g/mol. The Labute approximate surface area is 131 Å². The van der Waals surface area contributed by atoms with Gasteiger partial charge >= 0.3 is 0 Å². The number of hydrogen-bond acceptors (Lipinski definition) is 3. The Morgan fingerprint density at radius 2 is 1.64 bits per heavy atom. The zero-order chi connectivity index (χ0) is 16.2. The predicted molar refractivity (Wildman–Crippen MR) is 86.1 cm³/mol. The normalized spacial score (nSPS) is 10.8. The lowest BCUT2D eigenvalue weighted by atomic mass is 9.86. The van der Waals surface area contributed by atoms with Crippen LogP contribution in [-0.2, 0) is 5.41 Å². The van der Waals surface area contributed by atoms with Crippen molar-refractivity contribution >= 4 is 5.78 Å². The number of hydrogen-bond donors (Lipinski definition) is 0. The van der Waals surface area contributed by atoms with Crippen LogP contribution in [0.2, 0.25) is 0 Å². The first-order chi connectivity index (χ1) is 10.4. The number of carbonyl (C=O) groups is 1. The first kappa shape index (κ1) is 15.8. The van der Waals surface area contributed by atoms with Gasteiger partial charge in [0.1, 0.15) is 5.75 Å². The molecular formula is C19H19NO2. The highest BCUT2D eigenvalue weighted by molar-refractivity contribution is 5.97. The fourth-order valence-corrected chi connectivity index (χ4v) is 2.01. The molecule has 3 nitrogen and oxygen atoms in total. The molecule has 3 heteroatoms. The van der Waals surface area contributed by atoms with Crippen LogP contribution in [0.3, 0.4) is 0 Å². The van der Waals surface area contributed by atoms with Gasteiger partial charge in [0.2, 0.25) is 0 Å². The van der Waals surface area contributed by atoms with Gasteiger partial charge in [0.05, 0.1) is 11.6 Å². The molecule has 0 N–H and O–H groups in total. The van der Waals surface area contributed by atoms with E-state index in [4.69, 9.17) is 10.00 Å². The average Bonchev–Trinajstić information content (AvgIpc) is 2.52. The average molecular weight is 293 g/mol. The van der Waals surface area contributed by atoms with Gasteiger partial charge in [-0.05, 0) is 35.2 Å². The number of nitriles is 1. The van der Waals surface area contributed by atoms with Crippen LogP contribution in [0, 0.1) is 11.3 Å². The SMILES string of the molecule is CC(C)(C)c1ccc(C(=O)COc2ccc(C#N)cc2)cc1. The van der Waals surface area contributed by atoms with Crippen LogP contribution in [0.1, 0.15) is 42.3 Å². The Morgan fingerprint density at radius 3 is 2.14 bits per heavy atom. The summed E-state index contributed by atoms with van der Waals surface area (Å²) < 4.78 is 5.46. The van der Waals surface area contributed by atoms with Crippen LogP contribution < -0.4 is 4.74 Å². The minimum Gasteiger partial charge on any atom is -0.485 e. The molecule has 0 bridgehead atoms. The fraction of sp³-hybridized carbons (Fsp3) is 0.263. The highest BCUT2D eigenvalue weighted by atomic mass is 16.5. The van der Waals surface area contributed by atoms with Crippen molar-refractivity contribution in [2.75, 3.05) is 6.61 Å². The molecule has 0 amide bonds. The molecule has 112 valence electrons. The van der Waals surface area contributed by atoms with Crippen LogP contribution in [0.25, 0.3) is 0 Å². The third-order valence-electron chi connectivity index (χ3n) is 3.43. The van der Waals surface area contributed by atoms with Gasteiger partial charge < -0.3 is 4.74 Å². The maximum absolute atomic E-state index is 12.1. The minimum atomic E-state index is -0.0650. The van der Waals surface area contributed by atoms with E-state index in [0.29, 0.717) is 16.9 Å². The second-order valence-electron chi connectivity index (χ2n) is 6.18. The summed E-state index contributed by atoms with van der Waals surface area (Å²) >= 11 is 0. The molecule has 22 heavy (non-hydrogen) atoms. The standard InChI is InChI=1S/C19H19NO2/c1-19(2,3)16-8-6-15(7-9-16)18(21)13-22-17-10-4-14(12-20)5-11-17/h4-11H,13H2,1-3H3. The van der Waals surface area contributed by atoms with Crippen molar-refractivity contribution in [3.8, 4) is 11.8 Å². The number of ketones is 1. The lowest BCUT2D eigenvalue weighted by Crippen LogP contribution is -2.14. The molecule has 0 aliphatic heterocycles. The predicted octanol–water partition coefficient (Wildman–Crippen LogP) is 4.12. The van der Waals surface area contributed by atoms with Crippen molar-refractivity contribution in [3.05, 3.63) is 65.2 Å². The van der Waals surface area contributed by atoms with Gasteiger partial charge in [-0.2, -0.15) is 5.26 Å². The van der Waals surface area contributed by atoms with E-state index < -0.39 is 0 Å². The van der Waals surface area contributed by atoms with Crippen molar-refractivity contribution < 1.29 is 9.53 Å². The second-order valence-corrected chi connectivity index (χ2v) is 6.18. The molecule has 2 aromatic rings. The van der Waals surface area contributed by atoms with E-state index in [-0.39, 0.29) is 17.8 Å². The van der Waals surface area contributed by atoms with Gasteiger partial charge in [-0.3, -0.25) is 4.79 Å². The smallest absolute Gasteiger partial charge is 0.200 e. The first-order valence-electron chi connectivity index (χ1n) is 7.17. The van der Waals surface area contributed by atoms with Gasteiger partial charge in [-0.1, -0.05) is 45.0 Å². The van der Waals surface area contributed by atoms with E-state index in [1.165, 1.54) is 5.56 Å². The van der Waals surface area contributed by atoms with Crippen LogP contribution in [-0.4, -0.2) is 12.4 Å². The van der Waals surface area contributed by atoms with Crippen LogP contribution >= 0.6 is 0 Å². The molecule has 2 aromatic carbocycles. The summed E-state index contributed by atoms with van der Waals surface area (Å²) in [7, 11) is 0. The van der Waals surface area contributed by atoms with Gasteiger partial charge in [0, 0.05) is 5.56 Å². The van der Waals surface area contributed by atoms with Crippen molar-refractivity contribution in [2.45, 2.75) is 26.2 Å². The highest BCUT2D eigenvalue weighted by Crippen LogP contribution is 2.22. The van der Waals surface area contributed by atoms with E-state index in [0.717, 1.165) is 0 Å². The summed E-state index contributed by atoms with van der Waals surface area (Å²) in [6.07, 6.45) is 0. The Kier molecular flexibility index (Phi) is 4.62. The second kappa shape index (κ2) is 6.44. The van der Waals surface area contributed by atoms with Gasteiger partial charge in [0.15, 0.2) is 12.4 Å². The van der Waals surface area contributed by atoms with Crippen LogP contribution in [0.15, 0.2) is 48.5 Å². The summed E-state index contributed by atoms with van der Waals surface area (Å²) in [6, 6.07) is 16.4. The summed E-state index contributed by atoms with van der Waals surface area (Å²) in [6.45, 7) is 6.40. The van der Waals surface area contributed by atoms with Crippen molar-refractivity contribution in [2.24, 2.45) is 0 Å². The van der Waals surface area contributed by atoms with E-state index >= 15 is 0 Å². The third-order valence-corrected chi connectivity index (χ3v) is 3.43. The molecule has 0 aromatic heterocycles. The molecule has 0 saturated carbocycles. The first-order valence-corrected chi connectivity index (χ1v) is 7.17. The zero-order valence-corrected chi connectivity index (χ0v) is 13.1. The summed E-state index contributed by atoms with van der Waals surface area (Å²) in [5, 5.41) is 8.73. The largest absolute Gasteiger partial charge is 0.485 e. The lowest BCUT2D eigenvalue weighted by molar-refractivity contribution is 0.0921. The number of nitrogens with zero attached hydrogens (tertiary/aromatic N) is 1. The van der Waals surface area contributed by atoms with Gasteiger partial charge in [0.25, 0.3) is 0 Å². The third kappa shape index (κ3) is 3.95. The Balaban J connectivity index is 1.98. The number of benzene rings is 2. The lowest BCUT2D eigenvalue weighted by Gasteiger charge is -2.19. The van der Waals surface area contributed by atoms with Gasteiger partial charge in [-0.15, -0.1) is 0 Å². The zero-order valence-electron chi connectivity index (χ0n) is 13.1. The van der Waals surface area contributed by atoms with E-state index in [9.17, 15) is 4.79 Å². The van der Waals surface area contributed by atoms with Gasteiger partial charge in [-0.25, -0.2) is 0 Å². The number of carbonyl (C=O) groups excluding carboxylic acids is 1. The molecule has 0 aliphatic carbocycles. The van der Waals surface area contributed by atoms with E-state index in [2.05, 4.69) is 20.8 Å². The van der Waals surface area contributed by atoms with Crippen LogP contribution in [0.4, 0.5) is 0 Å². The molecule has 2 rings (SSSR count). The molecule has 0 spiro atoms. The van der Waals surface area contributed by atoms with Crippen molar-refractivity contribution in [1.82, 2.24) is 0 Å². The number of Topliss-reactive ketones (excluding diaryl/α,β-unsaturated/α-hetero) is 1. The summed E-state index contributed by atoms with van der Waals surface area (Å²) in [4.78, 5) is 12.1. The molecular weight excluding hydrogens is 274 g/mol. The molecule has 0 heterocycles. The van der Waals surface area contributed by atoms with Crippen molar-refractivity contribution in [3.63, 3.8) is 0 Å². The number of ether oxygens (including phenoxy) is 1. The maximum Gasteiger partial charge on any atom is 0.200 e. The Morgan fingerprint density at radius 1 is 1.05 bits per heavy atom. The Bertz CT molecular complexity index is 686. The van der Waals surface area contributed by atoms with E-state index in [1.807, 2.05) is 30.3 Å². The minimum absolute atomic E-state index is 0.0131. The summed E-state index contributed by atoms with van der Waals surface area (Å²) in [5.74, 6) is 0.517. The molecule has 0 fully saturated rings. The Hall–Kier alpha value is -2.60. The summed E-state index contributed by atoms with van der Waals surface area (Å²) in [5.41, 5.74) is 2.47. The molecule has 0 saturated heterocycles. The molecule has 0 aliphatic rings. The molecule has 0 radical (unpaired) electrons. The highest BCUT2D eigenvalue weighted by Gasteiger charge is 2.14. The van der Waals surface area contributed by atoms with Crippen molar-refractivity contribution in [1.29, 1.82) is 5.26 Å². The molecule has 0 unspecified atom stereocenters. The maximum atomic E-state index is 12.1. The quantitative estimate of drug-likeness (QED) is 0.797. The van der Waals surface area contributed by atoms with Crippen LogP contribution in [0.5, 0.6) is 5.75 Å². The topological polar surface area (TPSA) is 50.1 Å². The number of rotatable bonds is 4. The fourth-order valence-electron chi connectivity index (χ4n) is 2.01. The molecule has 0 atom stereocenters.